The Morgan fingerprint density at radius 1 is 1.07 bits per heavy atom. The van der Waals surface area contributed by atoms with Gasteiger partial charge >= 0.3 is 0 Å². The van der Waals surface area contributed by atoms with E-state index >= 15 is 0 Å². The standard InChI is InChI=1S/C21H36N4O2/c1-4-20(19-9-7-6-8-10-19)24-12-14-25(15-13-24)21(22-5-2)23-11-16-27-18-17-26-3/h6-10,20H,4-5,11-18H2,1-3H3,(H,22,23). The number of nitrogens with zero attached hydrogens (tertiary/aromatic N) is 3. The van der Waals surface area contributed by atoms with Crippen molar-refractivity contribution in [1.29, 1.82) is 0 Å². The highest BCUT2D eigenvalue weighted by molar-refractivity contribution is 5.80. The first-order valence-electron chi connectivity index (χ1n) is 10.2. The molecule has 27 heavy (non-hydrogen) atoms. The Morgan fingerprint density at radius 2 is 1.81 bits per heavy atom. The average molecular weight is 377 g/mol. The van der Waals surface area contributed by atoms with Crippen molar-refractivity contribution in [3.05, 3.63) is 35.9 Å². The lowest BCUT2D eigenvalue weighted by molar-refractivity contribution is 0.0746. The summed E-state index contributed by atoms with van der Waals surface area (Å²) < 4.78 is 10.5. The molecule has 6 heteroatoms. The van der Waals surface area contributed by atoms with Crippen LogP contribution in [0.2, 0.25) is 0 Å². The lowest BCUT2D eigenvalue weighted by atomic mass is 10.0. The summed E-state index contributed by atoms with van der Waals surface area (Å²) in [5.41, 5.74) is 1.42. The summed E-state index contributed by atoms with van der Waals surface area (Å²) in [6.45, 7) is 11.9. The van der Waals surface area contributed by atoms with Crippen LogP contribution in [0.4, 0.5) is 0 Å². The minimum absolute atomic E-state index is 0.502. The molecule has 1 aliphatic heterocycles. The van der Waals surface area contributed by atoms with Gasteiger partial charge in [0.05, 0.1) is 26.4 Å². The van der Waals surface area contributed by atoms with Crippen LogP contribution in [-0.4, -0.2) is 82.0 Å². The first-order valence-corrected chi connectivity index (χ1v) is 10.2. The summed E-state index contributed by atoms with van der Waals surface area (Å²) in [5, 5.41) is 3.42. The van der Waals surface area contributed by atoms with E-state index in [-0.39, 0.29) is 0 Å². The number of ether oxygens (including phenoxy) is 2. The predicted octanol–water partition coefficient (Wildman–Crippen LogP) is 2.38. The third-order valence-electron chi connectivity index (χ3n) is 4.89. The molecule has 0 saturated carbocycles. The van der Waals surface area contributed by atoms with Crippen molar-refractivity contribution in [2.45, 2.75) is 26.3 Å². The quantitative estimate of drug-likeness (QED) is 0.386. The van der Waals surface area contributed by atoms with Crippen LogP contribution < -0.4 is 5.32 Å². The second kappa shape index (κ2) is 12.7. The summed E-state index contributed by atoms with van der Waals surface area (Å²) in [6.07, 6.45) is 1.14. The molecule has 6 nitrogen and oxygen atoms in total. The summed E-state index contributed by atoms with van der Waals surface area (Å²) in [7, 11) is 1.69. The fourth-order valence-electron chi connectivity index (χ4n) is 3.51. The molecule has 1 saturated heterocycles. The fourth-order valence-corrected chi connectivity index (χ4v) is 3.51. The normalized spacial score (nSPS) is 17.1. The van der Waals surface area contributed by atoms with Crippen molar-refractivity contribution in [3.63, 3.8) is 0 Å². The van der Waals surface area contributed by atoms with E-state index in [1.165, 1.54) is 5.56 Å². The van der Waals surface area contributed by atoms with Crippen LogP contribution in [0.25, 0.3) is 0 Å². The van der Waals surface area contributed by atoms with Crippen LogP contribution in [0, 0.1) is 0 Å². The Labute approximate surface area is 164 Å². The van der Waals surface area contributed by atoms with E-state index in [1.54, 1.807) is 7.11 Å². The van der Waals surface area contributed by atoms with Gasteiger partial charge in [-0.25, -0.2) is 0 Å². The highest BCUT2D eigenvalue weighted by Crippen LogP contribution is 2.25. The van der Waals surface area contributed by atoms with E-state index in [2.05, 4.69) is 59.3 Å². The Morgan fingerprint density at radius 3 is 2.44 bits per heavy atom. The minimum atomic E-state index is 0.502. The van der Waals surface area contributed by atoms with Crippen molar-refractivity contribution in [1.82, 2.24) is 15.1 Å². The number of guanidine groups is 1. The van der Waals surface area contributed by atoms with Crippen molar-refractivity contribution in [2.24, 2.45) is 4.99 Å². The molecule has 1 N–H and O–H groups in total. The Kier molecular flexibility index (Phi) is 10.2. The number of aliphatic imine (C=N–C) groups is 1. The number of rotatable bonds is 10. The van der Waals surface area contributed by atoms with Crippen LogP contribution in [0.3, 0.4) is 0 Å². The summed E-state index contributed by atoms with van der Waals surface area (Å²) in [5.74, 6) is 1.00. The molecule has 0 amide bonds. The van der Waals surface area contributed by atoms with Gasteiger partial charge in [0.2, 0.25) is 0 Å². The summed E-state index contributed by atoms with van der Waals surface area (Å²) in [4.78, 5) is 9.70. The molecule has 0 aliphatic carbocycles. The van der Waals surface area contributed by atoms with Crippen molar-refractivity contribution >= 4 is 5.96 Å². The zero-order valence-corrected chi connectivity index (χ0v) is 17.2. The molecule has 1 heterocycles. The average Bonchev–Trinajstić information content (AvgIpc) is 2.72. The molecule has 0 bridgehead atoms. The largest absolute Gasteiger partial charge is 0.382 e. The smallest absolute Gasteiger partial charge is 0.194 e. The summed E-state index contributed by atoms with van der Waals surface area (Å²) in [6, 6.07) is 11.4. The van der Waals surface area contributed by atoms with E-state index in [4.69, 9.17) is 14.5 Å². The first-order chi connectivity index (χ1) is 13.3. The number of benzene rings is 1. The van der Waals surface area contributed by atoms with E-state index in [0.717, 1.165) is 45.1 Å². The number of hydrogen-bond acceptors (Lipinski definition) is 4. The monoisotopic (exact) mass is 376 g/mol. The highest BCUT2D eigenvalue weighted by atomic mass is 16.5. The number of hydrogen-bond donors (Lipinski definition) is 1. The second-order valence-electron chi connectivity index (χ2n) is 6.70. The maximum absolute atomic E-state index is 5.52. The lowest BCUT2D eigenvalue weighted by Gasteiger charge is -2.40. The van der Waals surface area contributed by atoms with Crippen LogP contribution in [0.1, 0.15) is 31.9 Å². The third kappa shape index (κ3) is 7.13. The van der Waals surface area contributed by atoms with Gasteiger partial charge in [0.1, 0.15) is 0 Å². The third-order valence-corrected chi connectivity index (χ3v) is 4.89. The maximum atomic E-state index is 5.52. The van der Waals surface area contributed by atoms with Crippen LogP contribution in [-0.2, 0) is 9.47 Å². The SMILES string of the molecule is CCNC(=NCCOCCOC)N1CCN(C(CC)c2ccccc2)CC1. The molecule has 152 valence electrons. The van der Waals surface area contributed by atoms with Gasteiger partial charge in [0, 0.05) is 45.9 Å². The zero-order valence-electron chi connectivity index (χ0n) is 17.2. The fraction of sp³-hybridized carbons (Fsp3) is 0.667. The Balaban J connectivity index is 1.85. The van der Waals surface area contributed by atoms with Gasteiger partial charge in [-0.05, 0) is 18.9 Å². The molecule has 1 fully saturated rings. The van der Waals surface area contributed by atoms with Gasteiger partial charge < -0.3 is 19.7 Å². The second-order valence-corrected chi connectivity index (χ2v) is 6.70. The van der Waals surface area contributed by atoms with Gasteiger partial charge in [-0.1, -0.05) is 37.3 Å². The van der Waals surface area contributed by atoms with Gasteiger partial charge in [-0.3, -0.25) is 9.89 Å². The molecule has 1 aromatic rings. The van der Waals surface area contributed by atoms with E-state index in [1.807, 2.05) is 0 Å². The van der Waals surface area contributed by atoms with Gasteiger partial charge in [-0.2, -0.15) is 0 Å². The molecule has 1 aromatic carbocycles. The van der Waals surface area contributed by atoms with E-state index in [0.29, 0.717) is 32.4 Å². The van der Waals surface area contributed by atoms with E-state index < -0.39 is 0 Å². The molecule has 1 atom stereocenters. The molecule has 0 spiro atoms. The topological polar surface area (TPSA) is 49.3 Å². The lowest BCUT2D eigenvalue weighted by Crippen LogP contribution is -2.53. The number of nitrogens with one attached hydrogen (secondary N) is 1. The molecule has 1 unspecified atom stereocenters. The van der Waals surface area contributed by atoms with Gasteiger partial charge in [0.25, 0.3) is 0 Å². The molecule has 1 aliphatic rings. The van der Waals surface area contributed by atoms with Crippen LogP contribution in [0.15, 0.2) is 35.3 Å². The number of methoxy groups -OCH3 is 1. The van der Waals surface area contributed by atoms with Gasteiger partial charge in [0.15, 0.2) is 5.96 Å². The zero-order chi connectivity index (χ0) is 19.3. The van der Waals surface area contributed by atoms with Crippen molar-refractivity contribution < 1.29 is 9.47 Å². The van der Waals surface area contributed by atoms with Crippen LogP contribution in [0.5, 0.6) is 0 Å². The van der Waals surface area contributed by atoms with Crippen molar-refractivity contribution in [2.75, 3.05) is 66.2 Å². The van der Waals surface area contributed by atoms with Crippen molar-refractivity contribution in [3.8, 4) is 0 Å². The van der Waals surface area contributed by atoms with E-state index in [9.17, 15) is 0 Å². The minimum Gasteiger partial charge on any atom is -0.382 e. The highest BCUT2D eigenvalue weighted by Gasteiger charge is 2.25. The molecular weight excluding hydrogens is 340 g/mol. The molecule has 0 radical (unpaired) electrons. The molecule has 2 rings (SSSR count). The first kappa shape index (κ1) is 21.7. The Hall–Kier alpha value is -1.63. The summed E-state index contributed by atoms with van der Waals surface area (Å²) >= 11 is 0. The van der Waals surface area contributed by atoms with Gasteiger partial charge in [-0.15, -0.1) is 0 Å². The Bertz CT molecular complexity index is 530. The number of piperazine rings is 1. The predicted molar refractivity (Wildman–Crippen MR) is 111 cm³/mol. The molecular formula is C21H36N4O2. The van der Waals surface area contributed by atoms with Crippen LogP contribution >= 0.6 is 0 Å². The maximum Gasteiger partial charge on any atom is 0.194 e. The molecule has 0 aromatic heterocycles.